The highest BCUT2D eigenvalue weighted by Gasteiger charge is 2.29. The van der Waals surface area contributed by atoms with Crippen molar-refractivity contribution < 1.29 is 14.7 Å². The van der Waals surface area contributed by atoms with Crippen LogP contribution in [-0.2, 0) is 4.79 Å². The number of amides is 1. The van der Waals surface area contributed by atoms with Gasteiger partial charge in [-0.05, 0) is 6.42 Å². The number of primary amides is 1. The molecular weight excluding hydrogens is 266 g/mol. The monoisotopic (exact) mass is 275 g/mol. The van der Waals surface area contributed by atoms with Gasteiger partial charge in [-0.3, -0.25) is 4.79 Å². The molecule has 17 heavy (non-hydrogen) atoms. The number of hydrogen-bond acceptors (Lipinski definition) is 5. The van der Waals surface area contributed by atoms with E-state index in [2.05, 4.69) is 4.98 Å². The fraction of sp³-hybridized carbons (Fsp3) is 0.444. The summed E-state index contributed by atoms with van der Waals surface area (Å²) in [6.07, 6.45) is 0.662. The third-order valence-electron chi connectivity index (χ3n) is 2.63. The molecule has 1 atom stereocenters. The number of thiazole rings is 1. The molecule has 3 N–H and O–H groups in total. The Morgan fingerprint density at radius 1 is 1.59 bits per heavy atom. The van der Waals surface area contributed by atoms with Crippen LogP contribution in [0.1, 0.15) is 16.1 Å². The van der Waals surface area contributed by atoms with Crippen LogP contribution in [0.2, 0.25) is 5.15 Å². The van der Waals surface area contributed by atoms with Crippen LogP contribution in [0.4, 0.5) is 5.13 Å². The first kappa shape index (κ1) is 12.1. The first-order valence-corrected chi connectivity index (χ1v) is 6.12. The van der Waals surface area contributed by atoms with E-state index in [4.69, 9.17) is 22.4 Å². The van der Waals surface area contributed by atoms with E-state index in [9.17, 15) is 9.59 Å². The normalized spacial score (nSPS) is 19.6. The fourth-order valence-corrected chi connectivity index (χ4v) is 2.88. The zero-order valence-corrected chi connectivity index (χ0v) is 10.3. The van der Waals surface area contributed by atoms with Gasteiger partial charge in [-0.1, -0.05) is 22.9 Å². The standard InChI is InChI=1S/C9H10ClN3O3S/c10-6-5(8(15)16)17-9(12-6)13-2-1-4(3-13)7(11)14/h4H,1-3H2,(H2,11,14)(H,15,16). The van der Waals surface area contributed by atoms with Gasteiger partial charge in [0.15, 0.2) is 15.2 Å². The first-order valence-electron chi connectivity index (χ1n) is 4.93. The van der Waals surface area contributed by atoms with Crippen LogP contribution in [0.5, 0.6) is 0 Å². The minimum atomic E-state index is -1.09. The quantitative estimate of drug-likeness (QED) is 0.851. The van der Waals surface area contributed by atoms with E-state index < -0.39 is 5.97 Å². The number of carbonyl (C=O) groups excluding carboxylic acids is 1. The lowest BCUT2D eigenvalue weighted by Crippen LogP contribution is -2.27. The van der Waals surface area contributed by atoms with Crippen LogP contribution in [-0.4, -0.2) is 35.1 Å². The van der Waals surface area contributed by atoms with Gasteiger partial charge in [-0.25, -0.2) is 9.78 Å². The summed E-state index contributed by atoms with van der Waals surface area (Å²) in [5, 5.41) is 9.37. The maximum Gasteiger partial charge on any atom is 0.349 e. The van der Waals surface area contributed by atoms with Crippen LogP contribution < -0.4 is 10.6 Å². The molecule has 0 radical (unpaired) electrons. The highest BCUT2D eigenvalue weighted by molar-refractivity contribution is 7.18. The van der Waals surface area contributed by atoms with Gasteiger partial charge >= 0.3 is 5.97 Å². The Morgan fingerprint density at radius 3 is 2.76 bits per heavy atom. The summed E-state index contributed by atoms with van der Waals surface area (Å²) in [6, 6.07) is 0. The number of carboxylic acids is 1. The summed E-state index contributed by atoms with van der Waals surface area (Å²) in [5.41, 5.74) is 5.22. The Bertz CT molecular complexity index is 476. The molecule has 1 unspecified atom stereocenters. The Kier molecular flexibility index (Phi) is 3.21. The minimum Gasteiger partial charge on any atom is -0.477 e. The van der Waals surface area contributed by atoms with Crippen LogP contribution in [0.25, 0.3) is 0 Å². The predicted octanol–water partition coefficient (Wildman–Crippen LogP) is 0.806. The van der Waals surface area contributed by atoms with Gasteiger partial charge in [-0.2, -0.15) is 0 Å². The number of hydrogen-bond donors (Lipinski definition) is 2. The maximum absolute atomic E-state index is 11.0. The SMILES string of the molecule is NC(=O)C1CCN(c2nc(Cl)c(C(=O)O)s2)C1. The topological polar surface area (TPSA) is 96.5 Å². The number of aromatic nitrogens is 1. The molecule has 0 saturated carbocycles. The van der Waals surface area contributed by atoms with Gasteiger partial charge in [0, 0.05) is 13.1 Å². The van der Waals surface area contributed by atoms with Crippen molar-refractivity contribution >= 4 is 39.9 Å². The number of carboxylic acid groups (broad SMARTS) is 1. The Morgan fingerprint density at radius 2 is 2.29 bits per heavy atom. The molecule has 2 heterocycles. The maximum atomic E-state index is 11.0. The number of halogens is 1. The molecule has 6 nitrogen and oxygen atoms in total. The lowest BCUT2D eigenvalue weighted by Gasteiger charge is -2.13. The highest BCUT2D eigenvalue weighted by atomic mass is 35.5. The van der Waals surface area contributed by atoms with Crippen molar-refractivity contribution in [3.05, 3.63) is 10.0 Å². The lowest BCUT2D eigenvalue weighted by molar-refractivity contribution is -0.121. The number of aromatic carboxylic acids is 1. The molecular formula is C9H10ClN3O3S. The van der Waals surface area contributed by atoms with Crippen molar-refractivity contribution in [2.75, 3.05) is 18.0 Å². The van der Waals surface area contributed by atoms with Gasteiger partial charge in [0.05, 0.1) is 5.92 Å². The fourth-order valence-electron chi connectivity index (χ4n) is 1.72. The molecule has 1 saturated heterocycles. The van der Waals surface area contributed by atoms with E-state index >= 15 is 0 Å². The predicted molar refractivity (Wildman–Crippen MR) is 63.6 cm³/mol. The molecule has 0 aromatic carbocycles. The summed E-state index contributed by atoms with van der Waals surface area (Å²) in [5.74, 6) is -1.64. The van der Waals surface area contributed by atoms with E-state index in [-0.39, 0.29) is 21.9 Å². The molecule has 1 aromatic heterocycles. The van der Waals surface area contributed by atoms with Gasteiger partial charge in [-0.15, -0.1) is 0 Å². The Hall–Kier alpha value is -1.34. The highest BCUT2D eigenvalue weighted by Crippen LogP contribution is 2.32. The average Bonchev–Trinajstić information content (AvgIpc) is 2.82. The van der Waals surface area contributed by atoms with Crippen LogP contribution >= 0.6 is 22.9 Å². The van der Waals surface area contributed by atoms with Crippen LogP contribution in [0.3, 0.4) is 0 Å². The minimum absolute atomic E-state index is 0.0139. The van der Waals surface area contributed by atoms with Crippen molar-refractivity contribution in [1.82, 2.24) is 4.98 Å². The van der Waals surface area contributed by atoms with Crippen molar-refractivity contribution in [3.8, 4) is 0 Å². The average molecular weight is 276 g/mol. The molecule has 0 bridgehead atoms. The van der Waals surface area contributed by atoms with E-state index in [0.717, 1.165) is 11.3 Å². The van der Waals surface area contributed by atoms with Crippen molar-refractivity contribution in [2.24, 2.45) is 11.7 Å². The van der Waals surface area contributed by atoms with Crippen molar-refractivity contribution in [1.29, 1.82) is 0 Å². The van der Waals surface area contributed by atoms with Crippen LogP contribution in [0, 0.1) is 5.92 Å². The largest absolute Gasteiger partial charge is 0.477 e. The number of anilines is 1. The number of nitrogens with two attached hydrogens (primary N) is 1. The zero-order chi connectivity index (χ0) is 12.6. The molecule has 2 rings (SSSR count). The molecule has 1 amide bonds. The number of nitrogens with zero attached hydrogens (tertiary/aromatic N) is 2. The molecule has 0 spiro atoms. The molecule has 0 aliphatic carbocycles. The van der Waals surface area contributed by atoms with E-state index in [1.807, 2.05) is 4.90 Å². The third kappa shape index (κ3) is 2.34. The summed E-state index contributed by atoms with van der Waals surface area (Å²) < 4.78 is 0. The van der Waals surface area contributed by atoms with Crippen molar-refractivity contribution in [2.45, 2.75) is 6.42 Å². The number of rotatable bonds is 3. The summed E-state index contributed by atoms with van der Waals surface area (Å²) >= 11 is 6.73. The van der Waals surface area contributed by atoms with E-state index in [0.29, 0.717) is 24.6 Å². The number of carbonyl (C=O) groups is 2. The third-order valence-corrected chi connectivity index (χ3v) is 4.12. The van der Waals surface area contributed by atoms with Gasteiger partial charge in [0.2, 0.25) is 5.91 Å². The molecule has 1 fully saturated rings. The zero-order valence-electron chi connectivity index (χ0n) is 8.72. The molecule has 1 aromatic rings. The van der Waals surface area contributed by atoms with Gasteiger partial charge in [0.25, 0.3) is 0 Å². The van der Waals surface area contributed by atoms with Crippen molar-refractivity contribution in [3.63, 3.8) is 0 Å². The molecule has 1 aliphatic rings. The summed E-state index contributed by atoms with van der Waals surface area (Å²) in [6.45, 7) is 1.11. The van der Waals surface area contributed by atoms with E-state index in [1.54, 1.807) is 0 Å². The second-order valence-corrected chi connectivity index (χ2v) is 5.09. The van der Waals surface area contributed by atoms with Gasteiger partial charge < -0.3 is 15.7 Å². The lowest BCUT2D eigenvalue weighted by atomic mass is 10.1. The summed E-state index contributed by atoms with van der Waals surface area (Å²) in [7, 11) is 0. The molecule has 92 valence electrons. The first-order chi connectivity index (χ1) is 7.99. The Balaban J connectivity index is 2.17. The Labute approximate surface area is 106 Å². The van der Waals surface area contributed by atoms with Gasteiger partial charge in [0.1, 0.15) is 0 Å². The second kappa shape index (κ2) is 4.50. The summed E-state index contributed by atoms with van der Waals surface area (Å²) in [4.78, 5) is 27.7. The molecule has 1 aliphatic heterocycles. The van der Waals surface area contributed by atoms with Crippen LogP contribution in [0.15, 0.2) is 0 Å². The van der Waals surface area contributed by atoms with E-state index in [1.165, 1.54) is 0 Å². The smallest absolute Gasteiger partial charge is 0.349 e. The second-order valence-electron chi connectivity index (χ2n) is 3.76. The molecule has 8 heteroatoms.